The molecule has 1 aliphatic rings. The van der Waals surface area contributed by atoms with Crippen LogP contribution < -0.4 is 5.32 Å². The summed E-state index contributed by atoms with van der Waals surface area (Å²) in [7, 11) is 0.0751. The van der Waals surface area contributed by atoms with Gasteiger partial charge in [0.2, 0.25) is 8.46 Å². The van der Waals surface area contributed by atoms with Gasteiger partial charge in [0.15, 0.2) is 0 Å². The molecular formula is C5H6NOP. The number of rotatable bonds is 1. The summed E-state index contributed by atoms with van der Waals surface area (Å²) in [5.41, 5.74) is 0.757. The van der Waals surface area contributed by atoms with Crippen molar-refractivity contribution in [2.45, 2.75) is 0 Å². The molecule has 0 aromatic rings. The van der Waals surface area contributed by atoms with Gasteiger partial charge >= 0.3 is 0 Å². The summed E-state index contributed by atoms with van der Waals surface area (Å²) >= 11 is 0. The van der Waals surface area contributed by atoms with Gasteiger partial charge in [0.1, 0.15) is 5.44 Å². The number of hydrogen-bond acceptors (Lipinski definition) is 2. The van der Waals surface area contributed by atoms with Crippen molar-refractivity contribution in [1.29, 1.82) is 0 Å². The summed E-state index contributed by atoms with van der Waals surface area (Å²) in [6.07, 6.45) is 5.64. The molecule has 8 heavy (non-hydrogen) atoms. The maximum atomic E-state index is 10.1. The molecule has 0 spiro atoms. The fraction of sp³-hybridized carbons (Fsp3) is 0.200. The van der Waals surface area contributed by atoms with Crippen molar-refractivity contribution >= 4 is 8.46 Å². The summed E-state index contributed by atoms with van der Waals surface area (Å²) < 4.78 is 10.1. The first-order valence-corrected chi connectivity index (χ1v) is 3.19. The molecule has 0 radical (unpaired) electrons. The molecule has 0 fully saturated rings. The molecule has 0 unspecified atom stereocenters. The van der Waals surface area contributed by atoms with Crippen molar-refractivity contribution in [2.24, 2.45) is 0 Å². The molecule has 1 heterocycles. The van der Waals surface area contributed by atoms with Crippen LogP contribution in [-0.4, -0.2) is 6.54 Å². The van der Waals surface area contributed by atoms with Crippen LogP contribution in [0.1, 0.15) is 0 Å². The Morgan fingerprint density at radius 3 is 3.00 bits per heavy atom. The molecule has 0 aromatic carbocycles. The van der Waals surface area contributed by atoms with Crippen LogP contribution in [0.2, 0.25) is 0 Å². The van der Waals surface area contributed by atoms with Gasteiger partial charge in [0.25, 0.3) is 0 Å². The van der Waals surface area contributed by atoms with Gasteiger partial charge in [-0.25, -0.2) is 0 Å². The van der Waals surface area contributed by atoms with Crippen LogP contribution in [0.25, 0.3) is 0 Å². The van der Waals surface area contributed by atoms with Crippen LogP contribution in [-0.2, 0) is 4.57 Å². The topological polar surface area (TPSA) is 29.1 Å². The second-order valence-corrected chi connectivity index (χ2v) is 2.12. The van der Waals surface area contributed by atoms with Crippen LogP contribution in [0.4, 0.5) is 0 Å². The monoisotopic (exact) mass is 127 g/mol. The Balaban J connectivity index is 2.63. The molecule has 3 heteroatoms. The molecule has 1 N–H and O–H groups in total. The van der Waals surface area contributed by atoms with Gasteiger partial charge in [-0.1, -0.05) is 12.2 Å². The predicted octanol–water partition coefficient (Wildman–Crippen LogP) is 1.28. The Labute approximate surface area is 49.5 Å². The fourth-order valence-electron chi connectivity index (χ4n) is 0.512. The Hall–Kier alpha value is -0.620. The molecule has 0 saturated carbocycles. The zero-order valence-corrected chi connectivity index (χ0v) is 5.19. The zero-order chi connectivity index (χ0) is 5.82. The molecule has 1 rings (SSSR count). The van der Waals surface area contributed by atoms with Crippen molar-refractivity contribution in [2.75, 3.05) is 6.54 Å². The van der Waals surface area contributed by atoms with Crippen LogP contribution >= 0.6 is 8.46 Å². The minimum Gasteiger partial charge on any atom is -0.375 e. The van der Waals surface area contributed by atoms with Crippen molar-refractivity contribution in [3.63, 3.8) is 0 Å². The minimum absolute atomic E-state index is 0.0751. The molecule has 2 nitrogen and oxygen atoms in total. The fourth-order valence-corrected chi connectivity index (χ4v) is 0.815. The highest BCUT2D eigenvalue weighted by Crippen LogP contribution is 2.08. The lowest BCUT2D eigenvalue weighted by molar-refractivity contribution is 0.599. The third-order valence-corrected chi connectivity index (χ3v) is 1.39. The largest absolute Gasteiger partial charge is 0.375 e. The first-order chi connectivity index (χ1) is 3.93. The second-order valence-electron chi connectivity index (χ2n) is 1.45. The number of dihydropyridines is 1. The third-order valence-electron chi connectivity index (χ3n) is 0.890. The standard InChI is InChI=1S/C5H6NOP/c7-8-5-3-1-2-4-6-5/h1-3,6H,4H2. The quantitative estimate of drug-likeness (QED) is 0.537. The van der Waals surface area contributed by atoms with E-state index >= 15 is 0 Å². The van der Waals surface area contributed by atoms with E-state index in [0.29, 0.717) is 0 Å². The summed E-state index contributed by atoms with van der Waals surface area (Å²) in [5, 5.41) is 2.92. The molecule has 42 valence electrons. The smallest absolute Gasteiger partial charge is 0.210 e. The summed E-state index contributed by atoms with van der Waals surface area (Å²) in [6.45, 7) is 0.793. The SMILES string of the molecule is O=PC1=CC=CCN1. The van der Waals surface area contributed by atoms with E-state index in [1.807, 2.05) is 12.2 Å². The predicted molar refractivity (Wildman–Crippen MR) is 32.8 cm³/mol. The maximum Gasteiger partial charge on any atom is 0.210 e. The van der Waals surface area contributed by atoms with Crippen molar-refractivity contribution < 1.29 is 4.57 Å². The van der Waals surface area contributed by atoms with E-state index in [9.17, 15) is 4.57 Å². The highest BCUT2D eigenvalue weighted by molar-refractivity contribution is 7.29. The van der Waals surface area contributed by atoms with Crippen molar-refractivity contribution in [3.8, 4) is 0 Å². The molecule has 0 amide bonds. The lowest BCUT2D eigenvalue weighted by Gasteiger charge is -2.01. The van der Waals surface area contributed by atoms with Crippen LogP contribution in [0.3, 0.4) is 0 Å². The molecule has 0 aliphatic carbocycles. The van der Waals surface area contributed by atoms with E-state index in [0.717, 1.165) is 12.0 Å². The van der Waals surface area contributed by atoms with Gasteiger partial charge in [-0.3, -0.25) is 4.57 Å². The summed E-state index contributed by atoms with van der Waals surface area (Å²) in [6, 6.07) is 0. The number of allylic oxidation sites excluding steroid dienone is 2. The van der Waals surface area contributed by atoms with E-state index in [2.05, 4.69) is 5.32 Å². The molecule has 0 atom stereocenters. The Morgan fingerprint density at radius 2 is 2.62 bits per heavy atom. The molecular weight excluding hydrogens is 121 g/mol. The first kappa shape index (κ1) is 5.52. The minimum atomic E-state index is 0.0751. The van der Waals surface area contributed by atoms with Crippen molar-refractivity contribution in [1.82, 2.24) is 5.32 Å². The van der Waals surface area contributed by atoms with Gasteiger partial charge < -0.3 is 5.32 Å². The van der Waals surface area contributed by atoms with Gasteiger partial charge in [-0.2, -0.15) is 0 Å². The average Bonchev–Trinajstić information content (AvgIpc) is 1.90. The zero-order valence-electron chi connectivity index (χ0n) is 4.29. The average molecular weight is 127 g/mol. The van der Waals surface area contributed by atoms with E-state index in [4.69, 9.17) is 0 Å². The first-order valence-electron chi connectivity index (χ1n) is 2.37. The molecule has 0 aromatic heterocycles. The van der Waals surface area contributed by atoms with Crippen LogP contribution in [0.15, 0.2) is 23.7 Å². The normalized spacial score (nSPS) is 17.8. The van der Waals surface area contributed by atoms with E-state index in [1.54, 1.807) is 6.08 Å². The summed E-state index contributed by atoms with van der Waals surface area (Å²) in [4.78, 5) is 0. The van der Waals surface area contributed by atoms with Crippen LogP contribution in [0.5, 0.6) is 0 Å². The van der Waals surface area contributed by atoms with Crippen molar-refractivity contribution in [3.05, 3.63) is 23.7 Å². The van der Waals surface area contributed by atoms with Crippen LogP contribution in [0, 0.1) is 0 Å². The summed E-state index contributed by atoms with van der Waals surface area (Å²) in [5.74, 6) is 0. The maximum absolute atomic E-state index is 10.1. The Kier molecular flexibility index (Phi) is 1.81. The van der Waals surface area contributed by atoms with Gasteiger partial charge in [-0.15, -0.1) is 0 Å². The highest BCUT2D eigenvalue weighted by Gasteiger charge is 1.93. The Bertz CT molecular complexity index is 151. The second kappa shape index (κ2) is 2.63. The Morgan fingerprint density at radius 1 is 1.75 bits per heavy atom. The van der Waals surface area contributed by atoms with Gasteiger partial charge in [0, 0.05) is 6.54 Å². The van der Waals surface area contributed by atoms with Gasteiger partial charge in [-0.05, 0) is 6.08 Å². The molecule has 1 aliphatic heterocycles. The third kappa shape index (κ3) is 1.17. The lowest BCUT2D eigenvalue weighted by atomic mass is 10.4. The molecule has 0 saturated heterocycles. The van der Waals surface area contributed by atoms with Gasteiger partial charge in [0.05, 0.1) is 0 Å². The van der Waals surface area contributed by atoms with E-state index in [1.165, 1.54) is 0 Å². The lowest BCUT2D eigenvalue weighted by Crippen LogP contribution is -2.10. The highest BCUT2D eigenvalue weighted by atomic mass is 31.1. The number of hydrogen-bond donors (Lipinski definition) is 1. The molecule has 0 bridgehead atoms. The number of nitrogens with one attached hydrogen (secondary N) is 1. The van der Waals surface area contributed by atoms with E-state index in [-0.39, 0.29) is 8.46 Å². The van der Waals surface area contributed by atoms with E-state index < -0.39 is 0 Å².